The number of ether oxygens (including phenoxy) is 1. The Bertz CT molecular complexity index is 999. The van der Waals surface area contributed by atoms with Crippen LogP contribution in [0.5, 0.6) is 11.5 Å². The van der Waals surface area contributed by atoms with Gasteiger partial charge >= 0.3 is 6.18 Å². The van der Waals surface area contributed by atoms with Gasteiger partial charge in [0, 0.05) is 10.6 Å². The van der Waals surface area contributed by atoms with Crippen LogP contribution in [0.3, 0.4) is 0 Å². The summed E-state index contributed by atoms with van der Waals surface area (Å²) in [7, 11) is 0. The van der Waals surface area contributed by atoms with Crippen molar-refractivity contribution in [3.8, 4) is 23.8 Å². The summed E-state index contributed by atoms with van der Waals surface area (Å²) in [5.74, 6) is 2.27. The molecule has 0 saturated heterocycles. The standard InChI is InChI=1S/C19H13ClF3N3O2/c1-2-18(27,10-26-12-24-11-25-26)16-8-7-15(9-17(16)19(21,22)23)28-14-5-3-13(20)4-6-14/h1,3-9,11-12,27H,10H2. The highest BCUT2D eigenvalue weighted by molar-refractivity contribution is 6.30. The van der Waals surface area contributed by atoms with E-state index in [0.29, 0.717) is 10.8 Å². The maximum Gasteiger partial charge on any atom is 0.416 e. The number of alkyl halides is 3. The Balaban J connectivity index is 2.01. The van der Waals surface area contributed by atoms with E-state index < -0.39 is 29.4 Å². The van der Waals surface area contributed by atoms with Gasteiger partial charge in [-0.15, -0.1) is 6.42 Å². The summed E-state index contributed by atoms with van der Waals surface area (Å²) in [5, 5.41) is 15.0. The average Bonchev–Trinajstić information content (AvgIpc) is 3.15. The molecule has 0 amide bonds. The van der Waals surface area contributed by atoms with Gasteiger partial charge in [-0.05, 0) is 36.4 Å². The highest BCUT2D eigenvalue weighted by Crippen LogP contribution is 2.40. The zero-order chi connectivity index (χ0) is 20.4. The van der Waals surface area contributed by atoms with Crippen LogP contribution in [0.25, 0.3) is 0 Å². The van der Waals surface area contributed by atoms with E-state index in [9.17, 15) is 18.3 Å². The number of hydrogen-bond donors (Lipinski definition) is 1. The summed E-state index contributed by atoms with van der Waals surface area (Å²) in [6, 6.07) is 9.30. The summed E-state index contributed by atoms with van der Waals surface area (Å²) >= 11 is 5.78. The fourth-order valence-corrected chi connectivity index (χ4v) is 2.70. The highest BCUT2D eigenvalue weighted by atomic mass is 35.5. The van der Waals surface area contributed by atoms with Crippen molar-refractivity contribution in [1.29, 1.82) is 0 Å². The smallest absolute Gasteiger partial charge is 0.416 e. The number of halogens is 4. The van der Waals surface area contributed by atoms with Crippen molar-refractivity contribution in [2.75, 3.05) is 0 Å². The molecule has 28 heavy (non-hydrogen) atoms. The molecule has 9 heteroatoms. The molecule has 1 aromatic heterocycles. The monoisotopic (exact) mass is 407 g/mol. The van der Waals surface area contributed by atoms with Crippen LogP contribution in [0, 0.1) is 12.3 Å². The fraction of sp³-hybridized carbons (Fsp3) is 0.158. The molecule has 0 radical (unpaired) electrons. The van der Waals surface area contributed by atoms with E-state index in [4.69, 9.17) is 22.8 Å². The molecule has 0 aliphatic rings. The van der Waals surface area contributed by atoms with Gasteiger partial charge in [0.05, 0.1) is 12.1 Å². The lowest BCUT2D eigenvalue weighted by Crippen LogP contribution is -2.32. The predicted molar refractivity (Wildman–Crippen MR) is 95.7 cm³/mol. The first kappa shape index (κ1) is 19.7. The highest BCUT2D eigenvalue weighted by Gasteiger charge is 2.41. The first-order valence-corrected chi connectivity index (χ1v) is 8.27. The van der Waals surface area contributed by atoms with E-state index in [0.717, 1.165) is 16.8 Å². The molecule has 0 aliphatic carbocycles. The van der Waals surface area contributed by atoms with Crippen LogP contribution in [0.15, 0.2) is 55.1 Å². The Labute approximate surface area is 163 Å². The molecule has 1 atom stereocenters. The molecule has 0 bridgehead atoms. The molecule has 1 unspecified atom stereocenters. The number of aliphatic hydroxyl groups is 1. The van der Waals surface area contributed by atoms with Crippen molar-refractivity contribution >= 4 is 11.6 Å². The summed E-state index contributed by atoms with van der Waals surface area (Å²) in [4.78, 5) is 3.69. The molecular weight excluding hydrogens is 395 g/mol. The SMILES string of the molecule is C#CC(O)(Cn1cncn1)c1ccc(Oc2ccc(Cl)cc2)cc1C(F)(F)F. The third kappa shape index (κ3) is 4.27. The second-order valence-corrected chi connectivity index (χ2v) is 6.30. The van der Waals surface area contributed by atoms with Gasteiger partial charge < -0.3 is 9.84 Å². The Morgan fingerprint density at radius 2 is 1.79 bits per heavy atom. The van der Waals surface area contributed by atoms with Gasteiger partial charge in [-0.1, -0.05) is 23.6 Å². The van der Waals surface area contributed by atoms with Crippen LogP contribution in [0.2, 0.25) is 5.02 Å². The second kappa shape index (κ2) is 7.54. The van der Waals surface area contributed by atoms with Crippen molar-refractivity contribution in [2.45, 2.75) is 18.3 Å². The molecule has 0 aliphatic heterocycles. The number of benzene rings is 2. The molecule has 1 heterocycles. The predicted octanol–water partition coefficient (Wildman–Crippen LogP) is 4.26. The van der Waals surface area contributed by atoms with Crippen LogP contribution in [-0.2, 0) is 18.3 Å². The van der Waals surface area contributed by atoms with Gasteiger partial charge in [0.1, 0.15) is 24.2 Å². The number of aromatic nitrogens is 3. The zero-order valence-corrected chi connectivity index (χ0v) is 14.9. The van der Waals surface area contributed by atoms with Crippen LogP contribution in [-0.4, -0.2) is 19.9 Å². The summed E-state index contributed by atoms with van der Waals surface area (Å²) in [6.45, 7) is -0.399. The molecule has 0 spiro atoms. The number of hydrogen-bond acceptors (Lipinski definition) is 4. The third-order valence-corrected chi connectivity index (χ3v) is 4.14. The topological polar surface area (TPSA) is 60.2 Å². The van der Waals surface area contributed by atoms with Crippen molar-refractivity contribution in [2.24, 2.45) is 0 Å². The first-order valence-electron chi connectivity index (χ1n) is 7.89. The zero-order valence-electron chi connectivity index (χ0n) is 14.2. The third-order valence-electron chi connectivity index (χ3n) is 3.89. The number of terminal acetylenes is 1. The first-order chi connectivity index (χ1) is 13.2. The Hall–Kier alpha value is -3.02. The maximum atomic E-state index is 13.7. The van der Waals surface area contributed by atoms with Crippen molar-refractivity contribution < 1.29 is 23.0 Å². The molecule has 0 fully saturated rings. The van der Waals surface area contributed by atoms with Crippen LogP contribution >= 0.6 is 11.6 Å². The minimum atomic E-state index is -4.78. The minimum Gasteiger partial charge on any atom is -0.457 e. The molecule has 3 aromatic rings. The van der Waals surface area contributed by atoms with Gasteiger partial charge in [-0.2, -0.15) is 18.3 Å². The Morgan fingerprint density at radius 1 is 1.11 bits per heavy atom. The maximum absolute atomic E-state index is 13.7. The van der Waals surface area contributed by atoms with E-state index in [2.05, 4.69) is 10.1 Å². The normalized spacial score (nSPS) is 13.6. The molecule has 3 rings (SSSR count). The van der Waals surface area contributed by atoms with Crippen molar-refractivity contribution in [3.63, 3.8) is 0 Å². The van der Waals surface area contributed by atoms with Gasteiger partial charge in [0.25, 0.3) is 0 Å². The van der Waals surface area contributed by atoms with Crippen LogP contribution < -0.4 is 4.74 Å². The molecule has 1 N–H and O–H groups in total. The number of nitrogens with zero attached hydrogens (tertiary/aromatic N) is 3. The average molecular weight is 408 g/mol. The Kier molecular flexibility index (Phi) is 5.31. The van der Waals surface area contributed by atoms with E-state index in [1.165, 1.54) is 30.9 Å². The van der Waals surface area contributed by atoms with Gasteiger partial charge in [-0.25, -0.2) is 9.67 Å². The Morgan fingerprint density at radius 3 is 2.36 bits per heavy atom. The fourth-order valence-electron chi connectivity index (χ4n) is 2.58. The quantitative estimate of drug-likeness (QED) is 0.642. The number of rotatable bonds is 5. The largest absolute Gasteiger partial charge is 0.457 e. The molecule has 5 nitrogen and oxygen atoms in total. The summed E-state index contributed by atoms with van der Waals surface area (Å²) in [6.07, 6.45) is 3.02. The van der Waals surface area contributed by atoms with Crippen LogP contribution in [0.1, 0.15) is 11.1 Å². The van der Waals surface area contributed by atoms with E-state index in [-0.39, 0.29) is 5.75 Å². The lowest BCUT2D eigenvalue weighted by atomic mass is 9.89. The molecule has 144 valence electrons. The van der Waals surface area contributed by atoms with E-state index >= 15 is 0 Å². The summed E-state index contributed by atoms with van der Waals surface area (Å²) < 4.78 is 47.6. The lowest BCUT2D eigenvalue weighted by Gasteiger charge is -2.26. The second-order valence-electron chi connectivity index (χ2n) is 5.86. The van der Waals surface area contributed by atoms with Crippen molar-refractivity contribution in [3.05, 3.63) is 71.3 Å². The molecule has 2 aromatic carbocycles. The minimum absolute atomic E-state index is 0.0708. The molecular formula is C19H13ClF3N3O2. The van der Waals surface area contributed by atoms with E-state index in [1.54, 1.807) is 12.1 Å². The van der Waals surface area contributed by atoms with E-state index in [1.807, 2.05) is 5.92 Å². The van der Waals surface area contributed by atoms with Gasteiger partial charge in [0.15, 0.2) is 5.60 Å². The van der Waals surface area contributed by atoms with Gasteiger partial charge in [-0.3, -0.25) is 0 Å². The van der Waals surface area contributed by atoms with Crippen LogP contribution in [0.4, 0.5) is 13.2 Å². The van der Waals surface area contributed by atoms with Gasteiger partial charge in [0.2, 0.25) is 0 Å². The lowest BCUT2D eigenvalue weighted by molar-refractivity contribution is -0.140. The van der Waals surface area contributed by atoms with Crippen molar-refractivity contribution in [1.82, 2.24) is 14.8 Å². The summed E-state index contributed by atoms with van der Waals surface area (Å²) in [5.41, 5.74) is -3.85. The molecule has 0 saturated carbocycles.